The summed E-state index contributed by atoms with van der Waals surface area (Å²) in [6, 6.07) is 9.47. The molecule has 0 radical (unpaired) electrons. The van der Waals surface area contributed by atoms with Gasteiger partial charge in [-0.15, -0.1) is 0 Å². The van der Waals surface area contributed by atoms with Gasteiger partial charge in [0.2, 0.25) is 0 Å². The summed E-state index contributed by atoms with van der Waals surface area (Å²) in [7, 11) is 0. The van der Waals surface area contributed by atoms with Gasteiger partial charge < -0.3 is 25.2 Å². The van der Waals surface area contributed by atoms with Gasteiger partial charge in [-0.3, -0.25) is 0 Å². The average Bonchev–Trinajstić information content (AvgIpc) is 3.10. The molecule has 0 spiro atoms. The number of hydrogen-bond donors (Lipinski definition) is 3. The fourth-order valence-corrected chi connectivity index (χ4v) is 3.01. The molecule has 1 aliphatic heterocycles. The minimum absolute atomic E-state index is 0.224. The van der Waals surface area contributed by atoms with Crippen LogP contribution < -0.4 is 5.32 Å². The third-order valence-corrected chi connectivity index (χ3v) is 4.44. The monoisotopic (exact) mass is 360 g/mol. The molecule has 3 N–H and O–H groups in total. The third kappa shape index (κ3) is 3.87. The number of para-hydroxylation sites is 1. The molecule has 2 heterocycles. The van der Waals surface area contributed by atoms with E-state index < -0.39 is 18.8 Å². The molecule has 8 heteroatoms. The molecule has 1 aliphatic rings. The molecule has 1 fully saturated rings. The number of hydrogen-bond acceptors (Lipinski definition) is 5. The van der Waals surface area contributed by atoms with Gasteiger partial charge in [0.1, 0.15) is 12.2 Å². The largest absolute Gasteiger partial charge is 0.394 e. The Balaban J connectivity index is 1.72. The van der Waals surface area contributed by atoms with Crippen LogP contribution in [0.25, 0.3) is 5.69 Å². The number of nitrogens with one attached hydrogen (secondary N) is 1. The van der Waals surface area contributed by atoms with Crippen LogP contribution in [0.15, 0.2) is 36.5 Å². The van der Waals surface area contributed by atoms with E-state index in [1.54, 1.807) is 11.1 Å². The number of aliphatic hydroxyl groups excluding tert-OH is 2. The van der Waals surface area contributed by atoms with Crippen molar-refractivity contribution in [1.29, 1.82) is 0 Å². The lowest BCUT2D eigenvalue weighted by Crippen LogP contribution is -2.51. The van der Waals surface area contributed by atoms with Gasteiger partial charge in [0.15, 0.2) is 0 Å². The Morgan fingerprint density at radius 1 is 1.42 bits per heavy atom. The van der Waals surface area contributed by atoms with Crippen LogP contribution in [-0.2, 0) is 11.2 Å². The zero-order valence-corrected chi connectivity index (χ0v) is 14.7. The first-order chi connectivity index (χ1) is 12.6. The van der Waals surface area contributed by atoms with Crippen LogP contribution in [0.1, 0.15) is 12.6 Å². The Labute approximate surface area is 152 Å². The van der Waals surface area contributed by atoms with Gasteiger partial charge in [0, 0.05) is 6.54 Å². The minimum atomic E-state index is -1.00. The quantitative estimate of drug-likeness (QED) is 0.739. The van der Waals surface area contributed by atoms with E-state index in [2.05, 4.69) is 10.4 Å². The van der Waals surface area contributed by atoms with Crippen molar-refractivity contribution in [2.75, 3.05) is 31.6 Å². The van der Waals surface area contributed by atoms with Crippen LogP contribution in [0, 0.1) is 0 Å². The lowest BCUT2D eigenvalue weighted by molar-refractivity contribution is -0.0912. The number of aromatic nitrogens is 2. The summed E-state index contributed by atoms with van der Waals surface area (Å²) in [5.41, 5.74) is 2.50. The number of nitrogens with zero attached hydrogens (tertiary/aromatic N) is 3. The van der Waals surface area contributed by atoms with Crippen molar-refractivity contribution in [2.24, 2.45) is 0 Å². The van der Waals surface area contributed by atoms with Crippen molar-refractivity contribution in [3.63, 3.8) is 0 Å². The van der Waals surface area contributed by atoms with E-state index in [1.807, 2.05) is 41.9 Å². The zero-order valence-electron chi connectivity index (χ0n) is 14.7. The highest BCUT2D eigenvalue weighted by atomic mass is 16.5. The smallest absolute Gasteiger partial charge is 0.322 e. The highest BCUT2D eigenvalue weighted by Crippen LogP contribution is 2.21. The Morgan fingerprint density at radius 2 is 2.19 bits per heavy atom. The van der Waals surface area contributed by atoms with Gasteiger partial charge in [-0.05, 0) is 18.6 Å². The second-order valence-electron chi connectivity index (χ2n) is 6.14. The predicted octanol–water partition coefficient (Wildman–Crippen LogP) is 1.02. The number of aliphatic hydroxyl groups is 2. The first-order valence-corrected chi connectivity index (χ1v) is 8.72. The van der Waals surface area contributed by atoms with Gasteiger partial charge >= 0.3 is 6.03 Å². The highest BCUT2D eigenvalue weighted by Gasteiger charge is 2.29. The number of urea groups is 1. The number of benzene rings is 1. The molecule has 0 bridgehead atoms. The topological polar surface area (TPSA) is 99.9 Å². The lowest BCUT2D eigenvalue weighted by Gasteiger charge is -2.34. The summed E-state index contributed by atoms with van der Waals surface area (Å²) in [5.74, 6) is 0. The third-order valence-electron chi connectivity index (χ3n) is 4.44. The van der Waals surface area contributed by atoms with E-state index in [1.165, 1.54) is 0 Å². The van der Waals surface area contributed by atoms with Crippen molar-refractivity contribution in [2.45, 2.75) is 25.6 Å². The van der Waals surface area contributed by atoms with E-state index in [-0.39, 0.29) is 12.6 Å². The SMILES string of the molecule is CCc1c(NC(=O)N2CCO[C@H]([C@@H](O)CO)C2)cnn1-c1ccccc1. The van der Waals surface area contributed by atoms with E-state index in [4.69, 9.17) is 9.84 Å². The van der Waals surface area contributed by atoms with Gasteiger partial charge in [-0.1, -0.05) is 25.1 Å². The number of morpholine rings is 1. The first kappa shape index (κ1) is 18.4. The molecule has 0 saturated carbocycles. The lowest BCUT2D eigenvalue weighted by atomic mass is 10.2. The first-order valence-electron chi connectivity index (χ1n) is 8.72. The molecular weight excluding hydrogens is 336 g/mol. The van der Waals surface area contributed by atoms with E-state index in [0.29, 0.717) is 25.3 Å². The minimum Gasteiger partial charge on any atom is -0.394 e. The zero-order chi connectivity index (χ0) is 18.5. The van der Waals surface area contributed by atoms with E-state index in [9.17, 15) is 9.90 Å². The van der Waals surface area contributed by atoms with E-state index >= 15 is 0 Å². The average molecular weight is 360 g/mol. The van der Waals surface area contributed by atoms with Gasteiger partial charge in [-0.25, -0.2) is 9.48 Å². The van der Waals surface area contributed by atoms with Crippen molar-refractivity contribution in [3.05, 3.63) is 42.2 Å². The fourth-order valence-electron chi connectivity index (χ4n) is 3.01. The number of carbonyl (C=O) groups is 1. The molecule has 2 aromatic rings. The summed E-state index contributed by atoms with van der Waals surface area (Å²) in [6.45, 7) is 2.58. The highest BCUT2D eigenvalue weighted by molar-refractivity contribution is 5.90. The number of carbonyl (C=O) groups excluding carboxylic acids is 1. The van der Waals surface area contributed by atoms with Crippen LogP contribution in [0.3, 0.4) is 0 Å². The van der Waals surface area contributed by atoms with Gasteiger partial charge in [0.25, 0.3) is 0 Å². The number of anilines is 1. The van der Waals surface area contributed by atoms with Crippen molar-refractivity contribution < 1.29 is 19.7 Å². The molecule has 3 rings (SSSR count). The van der Waals surface area contributed by atoms with Gasteiger partial charge in [-0.2, -0.15) is 5.10 Å². The van der Waals surface area contributed by atoms with Crippen LogP contribution in [0.2, 0.25) is 0 Å². The van der Waals surface area contributed by atoms with Crippen molar-refractivity contribution in [1.82, 2.24) is 14.7 Å². The summed E-state index contributed by atoms with van der Waals surface area (Å²) >= 11 is 0. The maximum atomic E-state index is 12.6. The molecule has 1 saturated heterocycles. The molecule has 26 heavy (non-hydrogen) atoms. The predicted molar refractivity (Wildman–Crippen MR) is 96.4 cm³/mol. The summed E-state index contributed by atoms with van der Waals surface area (Å²) in [4.78, 5) is 14.2. The van der Waals surface area contributed by atoms with Crippen LogP contribution in [0.4, 0.5) is 10.5 Å². The van der Waals surface area contributed by atoms with Crippen LogP contribution in [-0.4, -0.2) is 69.4 Å². The molecule has 1 aromatic heterocycles. The van der Waals surface area contributed by atoms with Crippen LogP contribution in [0.5, 0.6) is 0 Å². The van der Waals surface area contributed by atoms with Crippen LogP contribution >= 0.6 is 0 Å². The second kappa shape index (κ2) is 8.31. The Kier molecular flexibility index (Phi) is 5.87. The van der Waals surface area contributed by atoms with Crippen molar-refractivity contribution >= 4 is 11.7 Å². The standard InChI is InChI=1S/C18H24N4O4/c1-2-15-14(10-19-22(15)13-6-4-3-5-7-13)20-18(25)21-8-9-26-17(11-21)16(24)12-23/h3-7,10,16-17,23-24H,2,8-9,11-12H2,1H3,(H,20,25)/t16-,17-/m0/s1. The number of amides is 2. The van der Waals surface area contributed by atoms with Gasteiger partial charge in [0.05, 0.1) is 43.0 Å². The molecule has 2 atom stereocenters. The molecular formula is C18H24N4O4. The summed E-state index contributed by atoms with van der Waals surface area (Å²) in [6.07, 6.45) is 0.763. The molecule has 140 valence electrons. The fraction of sp³-hybridized carbons (Fsp3) is 0.444. The molecule has 0 unspecified atom stereocenters. The Morgan fingerprint density at radius 3 is 2.88 bits per heavy atom. The number of ether oxygens (including phenoxy) is 1. The molecule has 8 nitrogen and oxygen atoms in total. The maximum absolute atomic E-state index is 12.6. The normalized spacial score (nSPS) is 18.6. The second-order valence-corrected chi connectivity index (χ2v) is 6.14. The number of rotatable bonds is 5. The van der Waals surface area contributed by atoms with E-state index in [0.717, 1.165) is 11.4 Å². The molecule has 0 aliphatic carbocycles. The maximum Gasteiger partial charge on any atom is 0.322 e. The van der Waals surface area contributed by atoms with Crippen molar-refractivity contribution in [3.8, 4) is 5.69 Å². The Hall–Kier alpha value is -2.42. The summed E-state index contributed by atoms with van der Waals surface area (Å²) < 4.78 is 7.23. The summed E-state index contributed by atoms with van der Waals surface area (Å²) in [5, 5.41) is 26.1. The Bertz CT molecular complexity index is 734. The molecule has 2 amide bonds. The molecule has 1 aromatic carbocycles.